The van der Waals surface area contributed by atoms with Crippen molar-refractivity contribution in [1.29, 1.82) is 0 Å². The topological polar surface area (TPSA) is 73.9 Å². The Bertz CT molecular complexity index is 670. The highest BCUT2D eigenvalue weighted by atomic mass is 16.6. The zero-order valence-electron chi connectivity index (χ0n) is 14.1. The summed E-state index contributed by atoms with van der Waals surface area (Å²) in [6.07, 6.45) is 0. The van der Waals surface area contributed by atoms with Crippen LogP contribution in [-0.2, 0) is 14.3 Å². The Balaban J connectivity index is 1.77. The predicted octanol–water partition coefficient (Wildman–Crippen LogP) is 2.90. The van der Waals surface area contributed by atoms with Crippen molar-refractivity contribution in [3.8, 4) is 5.75 Å². The van der Waals surface area contributed by atoms with Crippen molar-refractivity contribution in [1.82, 2.24) is 0 Å². The van der Waals surface area contributed by atoms with Crippen LogP contribution in [0.15, 0.2) is 54.6 Å². The number of ether oxygens (including phenoxy) is 3. The summed E-state index contributed by atoms with van der Waals surface area (Å²) in [6.45, 7) is 2.95. The monoisotopic (exact) mass is 343 g/mol. The minimum absolute atomic E-state index is 0.0920. The molecular weight excluding hydrogens is 322 g/mol. The molecule has 0 aromatic heterocycles. The molecule has 2 aromatic rings. The number of hydrogen-bond acceptors (Lipinski definition) is 5. The number of carbonyl (C=O) groups is 2. The number of anilines is 1. The molecule has 2 rings (SSSR count). The van der Waals surface area contributed by atoms with Gasteiger partial charge in [0.2, 0.25) is 0 Å². The maximum atomic E-state index is 11.9. The Hall–Kier alpha value is -2.86. The summed E-state index contributed by atoms with van der Waals surface area (Å²) in [5.74, 6) is -0.0799. The largest absolute Gasteiger partial charge is 0.484 e. The average molecular weight is 343 g/mol. The molecule has 0 atom stereocenters. The predicted molar refractivity (Wildman–Crippen MR) is 93.8 cm³/mol. The number of rotatable bonds is 9. The third-order valence-electron chi connectivity index (χ3n) is 3.18. The van der Waals surface area contributed by atoms with Crippen LogP contribution in [0, 0.1) is 0 Å². The van der Waals surface area contributed by atoms with Crippen LogP contribution in [-0.4, -0.2) is 38.3 Å². The van der Waals surface area contributed by atoms with Crippen molar-refractivity contribution in [3.63, 3.8) is 0 Å². The summed E-state index contributed by atoms with van der Waals surface area (Å²) < 4.78 is 15.5. The molecule has 0 saturated carbocycles. The van der Waals surface area contributed by atoms with Crippen LogP contribution < -0.4 is 10.1 Å². The van der Waals surface area contributed by atoms with Crippen LogP contribution in [0.4, 0.5) is 5.69 Å². The first-order chi connectivity index (χ1) is 12.2. The van der Waals surface area contributed by atoms with Crippen LogP contribution in [0.25, 0.3) is 0 Å². The molecule has 0 fully saturated rings. The van der Waals surface area contributed by atoms with Crippen molar-refractivity contribution < 1.29 is 23.8 Å². The molecule has 132 valence electrons. The van der Waals surface area contributed by atoms with Gasteiger partial charge in [-0.2, -0.15) is 0 Å². The van der Waals surface area contributed by atoms with Gasteiger partial charge in [-0.05, 0) is 43.3 Å². The Labute approximate surface area is 146 Å². The molecule has 0 unspecified atom stereocenters. The van der Waals surface area contributed by atoms with Gasteiger partial charge < -0.3 is 19.5 Å². The van der Waals surface area contributed by atoms with E-state index in [4.69, 9.17) is 14.2 Å². The third-order valence-corrected chi connectivity index (χ3v) is 3.18. The molecule has 0 spiro atoms. The van der Waals surface area contributed by atoms with Gasteiger partial charge in [-0.25, -0.2) is 4.79 Å². The first kappa shape index (κ1) is 18.5. The van der Waals surface area contributed by atoms with Crippen molar-refractivity contribution in [3.05, 3.63) is 60.2 Å². The SMILES string of the molecule is CCOCCOC(=O)c1ccc(NC(=O)COc2ccccc2)cc1. The molecule has 0 aliphatic heterocycles. The van der Waals surface area contributed by atoms with Gasteiger partial charge in [-0.3, -0.25) is 4.79 Å². The average Bonchev–Trinajstić information content (AvgIpc) is 2.65. The Kier molecular flexibility index (Phi) is 7.46. The molecular formula is C19H21NO5. The van der Waals surface area contributed by atoms with E-state index in [2.05, 4.69) is 5.32 Å². The van der Waals surface area contributed by atoms with Crippen LogP contribution in [0.3, 0.4) is 0 Å². The van der Waals surface area contributed by atoms with Gasteiger partial charge in [0.1, 0.15) is 12.4 Å². The third kappa shape index (κ3) is 6.64. The lowest BCUT2D eigenvalue weighted by Crippen LogP contribution is -2.20. The molecule has 0 aliphatic carbocycles. The number of carbonyl (C=O) groups excluding carboxylic acids is 2. The lowest BCUT2D eigenvalue weighted by atomic mass is 10.2. The zero-order chi connectivity index (χ0) is 17.9. The van der Waals surface area contributed by atoms with Gasteiger partial charge in [0.25, 0.3) is 5.91 Å². The van der Waals surface area contributed by atoms with E-state index in [1.54, 1.807) is 36.4 Å². The van der Waals surface area contributed by atoms with Crippen molar-refractivity contribution in [2.75, 3.05) is 31.7 Å². The number of benzene rings is 2. The van der Waals surface area contributed by atoms with Gasteiger partial charge in [-0.15, -0.1) is 0 Å². The molecule has 6 heteroatoms. The molecule has 2 aromatic carbocycles. The number of amides is 1. The van der Waals surface area contributed by atoms with Crippen molar-refractivity contribution in [2.24, 2.45) is 0 Å². The van der Waals surface area contributed by atoms with E-state index in [9.17, 15) is 9.59 Å². The summed E-state index contributed by atoms with van der Waals surface area (Å²) in [5, 5.41) is 2.70. The summed E-state index contributed by atoms with van der Waals surface area (Å²) in [5.41, 5.74) is 0.988. The molecule has 25 heavy (non-hydrogen) atoms. The standard InChI is InChI=1S/C19H21NO5/c1-2-23-12-13-24-19(22)15-8-10-16(11-9-15)20-18(21)14-25-17-6-4-3-5-7-17/h3-11H,2,12-14H2,1H3,(H,20,21). The second-order valence-electron chi connectivity index (χ2n) is 5.06. The second kappa shape index (κ2) is 10.1. The highest BCUT2D eigenvalue weighted by molar-refractivity contribution is 5.93. The van der Waals surface area contributed by atoms with Gasteiger partial charge in [-0.1, -0.05) is 18.2 Å². The van der Waals surface area contributed by atoms with Crippen molar-refractivity contribution >= 4 is 17.6 Å². The van der Waals surface area contributed by atoms with Gasteiger partial charge >= 0.3 is 5.97 Å². The molecule has 1 N–H and O–H groups in total. The summed E-state index contributed by atoms with van der Waals surface area (Å²) in [7, 11) is 0. The van der Waals surface area contributed by atoms with E-state index < -0.39 is 5.97 Å². The van der Waals surface area contributed by atoms with Crippen LogP contribution >= 0.6 is 0 Å². The van der Waals surface area contributed by atoms with E-state index in [0.29, 0.717) is 30.2 Å². The number of hydrogen-bond donors (Lipinski definition) is 1. The summed E-state index contributed by atoms with van der Waals surface area (Å²) >= 11 is 0. The number of para-hydroxylation sites is 1. The van der Waals surface area contributed by atoms with Crippen molar-refractivity contribution in [2.45, 2.75) is 6.92 Å². The Morgan fingerprint density at radius 1 is 0.960 bits per heavy atom. The lowest BCUT2D eigenvalue weighted by Gasteiger charge is -2.08. The molecule has 6 nitrogen and oxygen atoms in total. The van der Waals surface area contributed by atoms with Crippen LogP contribution in [0.1, 0.15) is 17.3 Å². The minimum atomic E-state index is -0.426. The highest BCUT2D eigenvalue weighted by Crippen LogP contribution is 2.12. The van der Waals surface area contributed by atoms with E-state index in [1.165, 1.54) is 0 Å². The molecule has 0 aliphatic rings. The number of nitrogens with one attached hydrogen (secondary N) is 1. The Morgan fingerprint density at radius 2 is 1.68 bits per heavy atom. The number of esters is 1. The maximum Gasteiger partial charge on any atom is 0.338 e. The minimum Gasteiger partial charge on any atom is -0.484 e. The summed E-state index contributed by atoms with van der Waals surface area (Å²) in [6, 6.07) is 15.6. The fourth-order valence-electron chi connectivity index (χ4n) is 1.97. The Morgan fingerprint density at radius 3 is 2.36 bits per heavy atom. The molecule has 0 radical (unpaired) electrons. The van der Waals surface area contributed by atoms with E-state index in [1.807, 2.05) is 25.1 Å². The fourth-order valence-corrected chi connectivity index (χ4v) is 1.97. The van der Waals surface area contributed by atoms with Crippen LogP contribution in [0.2, 0.25) is 0 Å². The normalized spacial score (nSPS) is 10.1. The first-order valence-electron chi connectivity index (χ1n) is 8.01. The second-order valence-corrected chi connectivity index (χ2v) is 5.06. The van der Waals surface area contributed by atoms with Gasteiger partial charge in [0.15, 0.2) is 6.61 Å². The summed E-state index contributed by atoms with van der Waals surface area (Å²) in [4.78, 5) is 23.7. The van der Waals surface area contributed by atoms with Gasteiger partial charge in [0, 0.05) is 12.3 Å². The van der Waals surface area contributed by atoms with E-state index in [0.717, 1.165) is 0 Å². The molecule has 0 bridgehead atoms. The quantitative estimate of drug-likeness (QED) is 0.560. The fraction of sp³-hybridized carbons (Fsp3) is 0.263. The molecule has 1 amide bonds. The van der Waals surface area contributed by atoms with Crippen LogP contribution in [0.5, 0.6) is 5.75 Å². The van der Waals surface area contributed by atoms with E-state index in [-0.39, 0.29) is 19.1 Å². The zero-order valence-corrected chi connectivity index (χ0v) is 14.1. The molecule has 0 saturated heterocycles. The maximum absolute atomic E-state index is 11.9. The highest BCUT2D eigenvalue weighted by Gasteiger charge is 2.08. The lowest BCUT2D eigenvalue weighted by molar-refractivity contribution is -0.118. The van der Waals surface area contributed by atoms with E-state index >= 15 is 0 Å². The smallest absolute Gasteiger partial charge is 0.338 e. The first-order valence-corrected chi connectivity index (χ1v) is 8.01. The van der Waals surface area contributed by atoms with Gasteiger partial charge in [0.05, 0.1) is 12.2 Å². The molecule has 0 heterocycles.